The van der Waals surface area contributed by atoms with E-state index in [2.05, 4.69) is 65.3 Å². The number of nitriles is 1. The molecule has 0 bridgehead atoms. The first-order chi connectivity index (χ1) is 19.5. The molecule has 13 nitrogen and oxygen atoms in total. The van der Waals surface area contributed by atoms with Gasteiger partial charge in [-0.25, -0.2) is 9.65 Å². The number of ether oxygens (including phenoxy) is 2. The van der Waals surface area contributed by atoms with Crippen LogP contribution in [0.2, 0.25) is 0 Å². The highest BCUT2D eigenvalue weighted by Gasteiger charge is 2.45. The van der Waals surface area contributed by atoms with E-state index in [1.165, 1.54) is 6.33 Å². The van der Waals surface area contributed by atoms with Gasteiger partial charge in [-0.15, -0.1) is 6.58 Å². The molecular weight excluding hydrogens is 549 g/mol. The van der Waals surface area contributed by atoms with Gasteiger partial charge < -0.3 is 18.5 Å². The highest BCUT2D eigenvalue weighted by molar-refractivity contribution is 7.44. The van der Waals surface area contributed by atoms with E-state index in [0.29, 0.717) is 0 Å². The molecule has 2 aromatic rings. The van der Waals surface area contributed by atoms with Crippen molar-refractivity contribution in [1.82, 2.24) is 24.2 Å². The average molecular weight is 592 g/mol. The zero-order chi connectivity index (χ0) is 30.3. The number of carbonyl (C=O) groups is 1. The van der Waals surface area contributed by atoms with E-state index < -0.39 is 26.4 Å². The molecular formula is C27H42N7O6P. The van der Waals surface area contributed by atoms with Crippen LogP contribution in [0.3, 0.4) is 0 Å². The molecule has 0 aromatic carbocycles. The second kappa shape index (κ2) is 15.0. The Morgan fingerprint density at radius 1 is 1.32 bits per heavy atom. The molecule has 0 saturated carbocycles. The number of amides is 1. The van der Waals surface area contributed by atoms with Gasteiger partial charge in [-0.2, -0.15) is 10.2 Å². The predicted octanol–water partition coefficient (Wildman–Crippen LogP) is 4.11. The third kappa shape index (κ3) is 7.97. The summed E-state index contributed by atoms with van der Waals surface area (Å²) in [5, 5.41) is 11.6. The van der Waals surface area contributed by atoms with Crippen LogP contribution in [0, 0.1) is 23.2 Å². The van der Waals surface area contributed by atoms with Crippen LogP contribution in [-0.4, -0.2) is 74.2 Å². The fourth-order valence-electron chi connectivity index (χ4n) is 4.56. The number of hydrogen-bond acceptors (Lipinski definition) is 10. The van der Waals surface area contributed by atoms with Crippen molar-refractivity contribution in [2.45, 2.75) is 85.4 Å². The molecule has 3 heterocycles. The maximum absolute atomic E-state index is 12.8. The van der Waals surface area contributed by atoms with Gasteiger partial charge in [0.25, 0.3) is 14.1 Å². The van der Waals surface area contributed by atoms with Gasteiger partial charge >= 0.3 is 0 Å². The van der Waals surface area contributed by atoms with E-state index in [1.54, 1.807) is 24.5 Å². The van der Waals surface area contributed by atoms with E-state index in [0.717, 1.165) is 0 Å². The number of anilines is 1. The van der Waals surface area contributed by atoms with Crippen LogP contribution >= 0.6 is 8.53 Å². The van der Waals surface area contributed by atoms with Gasteiger partial charge in [-0.05, 0) is 27.7 Å². The Kier molecular flexibility index (Phi) is 12.0. The minimum absolute atomic E-state index is 0.0278. The van der Waals surface area contributed by atoms with Crippen molar-refractivity contribution in [3.05, 3.63) is 29.3 Å². The Morgan fingerprint density at radius 3 is 2.63 bits per heavy atom. The number of aromatic nitrogens is 4. The molecule has 0 radical (unpaired) electrons. The Labute approximate surface area is 242 Å². The van der Waals surface area contributed by atoms with E-state index >= 15 is 0 Å². The highest BCUT2D eigenvalue weighted by Crippen LogP contribution is 2.47. The zero-order valence-corrected chi connectivity index (χ0v) is 25.8. The minimum Gasteiger partial charge on any atom is -0.369 e. The average Bonchev–Trinajstić information content (AvgIpc) is 3.46. The van der Waals surface area contributed by atoms with Crippen LogP contribution in [0.15, 0.2) is 23.8 Å². The summed E-state index contributed by atoms with van der Waals surface area (Å²) in [7, 11) is -1.46. The predicted molar refractivity (Wildman–Crippen MR) is 156 cm³/mol. The summed E-state index contributed by atoms with van der Waals surface area (Å²) in [6, 6.07) is 2.43. The quantitative estimate of drug-likeness (QED) is 0.175. The number of fused-ring (bicyclic) bond motifs is 1. The molecule has 3 rings (SSSR count). The number of nitrogens with one attached hydrogen (secondary N) is 2. The molecule has 1 aliphatic heterocycles. The van der Waals surface area contributed by atoms with Crippen molar-refractivity contribution < 1.29 is 23.3 Å². The van der Waals surface area contributed by atoms with Gasteiger partial charge in [-0.3, -0.25) is 24.5 Å². The SMILES string of the molecule is C=CCO[C@@H]1[C@H](C)[C@@H](COP(OCCC#N)N(C(C)C)C(C)C)O[C@H]1n1cnc2c(=O)[nH]c(NC(=O)C(C)C)nc21. The molecule has 41 heavy (non-hydrogen) atoms. The summed E-state index contributed by atoms with van der Waals surface area (Å²) in [6.07, 6.45) is 1.91. The number of aromatic amines is 1. The summed E-state index contributed by atoms with van der Waals surface area (Å²) in [4.78, 5) is 36.3. The summed E-state index contributed by atoms with van der Waals surface area (Å²) in [6.45, 7) is 18.3. The van der Waals surface area contributed by atoms with Gasteiger partial charge in [0, 0.05) is 23.9 Å². The fraction of sp³-hybridized carbons (Fsp3) is 0.667. The third-order valence-electron chi connectivity index (χ3n) is 6.59. The first-order valence-electron chi connectivity index (χ1n) is 13.9. The van der Waals surface area contributed by atoms with Gasteiger partial charge in [0.15, 0.2) is 17.4 Å². The molecule has 1 aliphatic rings. The van der Waals surface area contributed by atoms with Crippen molar-refractivity contribution >= 4 is 31.5 Å². The monoisotopic (exact) mass is 591 g/mol. The molecule has 1 saturated heterocycles. The van der Waals surface area contributed by atoms with Gasteiger partial charge in [0.2, 0.25) is 11.9 Å². The standard InChI is InChI=1S/C27H42N7O6P/c1-9-12-37-22-19(8)20(14-39-41(38-13-10-11-28)34(17(4)5)18(6)7)40-26(22)33-15-29-21-23(33)30-27(32-25(21)36)31-24(35)16(2)3/h9,15-20,22,26H,1,10,12-14H2,2-8H3,(H2,30,31,32,35,36)/t19-,20-,22-,26-,41?/m1/s1. The van der Waals surface area contributed by atoms with Crippen LogP contribution in [0.4, 0.5) is 5.95 Å². The van der Waals surface area contributed by atoms with Crippen LogP contribution < -0.4 is 10.9 Å². The van der Waals surface area contributed by atoms with Crippen LogP contribution in [0.5, 0.6) is 0 Å². The summed E-state index contributed by atoms with van der Waals surface area (Å²) in [5.74, 6) is -0.671. The molecule has 2 aromatic heterocycles. The maximum atomic E-state index is 12.8. The molecule has 1 unspecified atom stereocenters. The molecule has 1 fully saturated rings. The Balaban J connectivity index is 1.89. The first-order valence-corrected chi connectivity index (χ1v) is 15.0. The van der Waals surface area contributed by atoms with E-state index in [9.17, 15) is 9.59 Å². The van der Waals surface area contributed by atoms with E-state index in [1.807, 2.05) is 6.92 Å². The largest absolute Gasteiger partial charge is 0.369 e. The molecule has 0 spiro atoms. The van der Waals surface area contributed by atoms with Gasteiger partial charge in [-0.1, -0.05) is 26.8 Å². The number of carbonyl (C=O) groups excluding carboxylic acids is 1. The van der Waals surface area contributed by atoms with E-state index in [4.69, 9.17) is 23.8 Å². The lowest BCUT2D eigenvalue weighted by Gasteiger charge is -2.36. The summed E-state index contributed by atoms with van der Waals surface area (Å²) < 4.78 is 28.8. The maximum Gasteiger partial charge on any atom is 0.280 e. The van der Waals surface area contributed by atoms with Crippen LogP contribution in [0.1, 0.15) is 61.1 Å². The van der Waals surface area contributed by atoms with Crippen molar-refractivity contribution in [2.75, 3.05) is 25.1 Å². The zero-order valence-electron chi connectivity index (χ0n) is 24.9. The highest BCUT2D eigenvalue weighted by atomic mass is 31.2. The smallest absolute Gasteiger partial charge is 0.280 e. The normalized spacial score (nSPS) is 21.7. The third-order valence-corrected chi connectivity index (χ3v) is 8.66. The Hall–Kier alpha value is -2.72. The van der Waals surface area contributed by atoms with Gasteiger partial charge in [0.1, 0.15) is 6.10 Å². The van der Waals surface area contributed by atoms with Crippen molar-refractivity contribution in [2.24, 2.45) is 11.8 Å². The summed E-state index contributed by atoms with van der Waals surface area (Å²) in [5.41, 5.74) is -0.110. The summed E-state index contributed by atoms with van der Waals surface area (Å²) >= 11 is 0. The topological polar surface area (TPSA) is 157 Å². The van der Waals surface area contributed by atoms with Crippen molar-refractivity contribution in [1.29, 1.82) is 5.26 Å². The fourth-order valence-corrected chi connectivity index (χ4v) is 6.18. The van der Waals surface area contributed by atoms with Gasteiger partial charge in [0.05, 0.1) is 44.7 Å². The molecule has 226 valence electrons. The van der Waals surface area contributed by atoms with Crippen molar-refractivity contribution in [3.63, 3.8) is 0 Å². The van der Waals surface area contributed by atoms with Crippen LogP contribution in [0.25, 0.3) is 11.2 Å². The number of rotatable bonds is 15. The number of H-pyrrole nitrogens is 1. The number of imidazole rings is 1. The molecule has 2 N–H and O–H groups in total. The van der Waals surface area contributed by atoms with E-state index in [-0.39, 0.29) is 79.3 Å². The first kappa shape index (κ1) is 32.8. The lowest BCUT2D eigenvalue weighted by Crippen LogP contribution is -2.35. The lowest BCUT2D eigenvalue weighted by molar-refractivity contribution is -0.118. The molecule has 5 atom stereocenters. The molecule has 0 aliphatic carbocycles. The Bertz CT molecular complexity index is 1270. The lowest BCUT2D eigenvalue weighted by atomic mass is 10.0. The Morgan fingerprint density at radius 2 is 2.02 bits per heavy atom. The molecule has 14 heteroatoms. The second-order valence-corrected chi connectivity index (χ2v) is 12.2. The number of nitrogens with zero attached hydrogens (tertiary/aromatic N) is 5. The minimum atomic E-state index is -1.46. The molecule has 1 amide bonds. The second-order valence-electron chi connectivity index (χ2n) is 10.7. The van der Waals surface area contributed by atoms with Crippen molar-refractivity contribution in [3.8, 4) is 6.07 Å². The number of hydrogen-bond donors (Lipinski definition) is 2. The van der Waals surface area contributed by atoms with Crippen LogP contribution in [-0.2, 0) is 23.3 Å².